The van der Waals surface area contributed by atoms with E-state index >= 15 is 0 Å². The predicted octanol–water partition coefficient (Wildman–Crippen LogP) is 0.354. The minimum Gasteiger partial charge on any atom is -0.396 e. The fourth-order valence-electron chi connectivity index (χ4n) is 1.22. The number of aliphatic hydroxyl groups is 1. The third-order valence-electron chi connectivity index (χ3n) is 2.11. The summed E-state index contributed by atoms with van der Waals surface area (Å²) in [5, 5.41) is 8.66. The van der Waals surface area contributed by atoms with Crippen LogP contribution in [-0.2, 0) is 9.47 Å². The molecule has 4 heteroatoms. The first kappa shape index (κ1) is 13.8. The van der Waals surface area contributed by atoms with Crippen molar-refractivity contribution in [3.8, 4) is 0 Å². The molecule has 0 heterocycles. The van der Waals surface area contributed by atoms with Gasteiger partial charge in [-0.25, -0.2) is 0 Å². The molecule has 4 nitrogen and oxygen atoms in total. The topological polar surface area (TPSA) is 41.9 Å². The largest absolute Gasteiger partial charge is 0.396 e. The molecule has 0 aliphatic rings. The van der Waals surface area contributed by atoms with Gasteiger partial charge in [0.15, 0.2) is 0 Å². The Labute approximate surface area is 86.8 Å². The van der Waals surface area contributed by atoms with Crippen LogP contribution in [0.5, 0.6) is 0 Å². The van der Waals surface area contributed by atoms with E-state index < -0.39 is 0 Å². The first-order valence-corrected chi connectivity index (χ1v) is 5.16. The van der Waals surface area contributed by atoms with Crippen LogP contribution in [0.1, 0.15) is 12.8 Å². The first-order chi connectivity index (χ1) is 6.85. The van der Waals surface area contributed by atoms with E-state index in [0.29, 0.717) is 0 Å². The highest BCUT2D eigenvalue weighted by atomic mass is 16.5. The Morgan fingerprint density at radius 3 is 1.93 bits per heavy atom. The molecule has 0 aromatic carbocycles. The number of unbranched alkanes of at least 4 members (excludes halogenated alkanes) is 1. The minimum atomic E-state index is 0.280. The van der Waals surface area contributed by atoms with Gasteiger partial charge in [-0.3, -0.25) is 4.90 Å². The molecule has 0 radical (unpaired) electrons. The van der Waals surface area contributed by atoms with E-state index in [1.54, 1.807) is 14.2 Å². The zero-order valence-electron chi connectivity index (χ0n) is 9.37. The molecule has 0 saturated heterocycles. The lowest BCUT2D eigenvalue weighted by Crippen LogP contribution is -2.31. The van der Waals surface area contributed by atoms with E-state index in [4.69, 9.17) is 14.6 Å². The average molecular weight is 205 g/mol. The Bertz CT molecular complexity index is 104. The Kier molecular flexibility index (Phi) is 10.8. The van der Waals surface area contributed by atoms with Gasteiger partial charge in [0, 0.05) is 33.9 Å². The third kappa shape index (κ3) is 8.44. The van der Waals surface area contributed by atoms with Gasteiger partial charge in [0.25, 0.3) is 0 Å². The molecule has 0 bridgehead atoms. The molecule has 0 aliphatic carbocycles. The number of ether oxygens (including phenoxy) is 2. The van der Waals surface area contributed by atoms with Crippen molar-refractivity contribution in [2.45, 2.75) is 12.8 Å². The maximum Gasteiger partial charge on any atom is 0.0589 e. The average Bonchev–Trinajstić information content (AvgIpc) is 2.21. The number of hydrogen-bond acceptors (Lipinski definition) is 4. The second-order valence-corrected chi connectivity index (χ2v) is 3.26. The molecule has 1 N–H and O–H groups in total. The van der Waals surface area contributed by atoms with Crippen molar-refractivity contribution in [1.29, 1.82) is 0 Å². The lowest BCUT2D eigenvalue weighted by Gasteiger charge is -2.21. The third-order valence-corrected chi connectivity index (χ3v) is 2.11. The van der Waals surface area contributed by atoms with Crippen LogP contribution < -0.4 is 0 Å². The van der Waals surface area contributed by atoms with Crippen LogP contribution >= 0.6 is 0 Å². The fourth-order valence-corrected chi connectivity index (χ4v) is 1.22. The first-order valence-electron chi connectivity index (χ1n) is 5.16. The molecule has 86 valence electrons. The number of nitrogens with zero attached hydrogens (tertiary/aromatic N) is 1. The van der Waals surface area contributed by atoms with Crippen LogP contribution in [0.3, 0.4) is 0 Å². The highest BCUT2D eigenvalue weighted by molar-refractivity contribution is 4.57. The molecule has 0 saturated carbocycles. The number of aliphatic hydroxyl groups excluding tert-OH is 1. The normalized spacial score (nSPS) is 11.1. The molecule has 0 fully saturated rings. The van der Waals surface area contributed by atoms with E-state index in [2.05, 4.69) is 4.90 Å². The smallest absolute Gasteiger partial charge is 0.0589 e. The molecule has 0 amide bonds. The lowest BCUT2D eigenvalue weighted by atomic mass is 10.3. The van der Waals surface area contributed by atoms with Crippen LogP contribution in [0, 0.1) is 0 Å². The summed E-state index contributed by atoms with van der Waals surface area (Å²) in [5.74, 6) is 0. The van der Waals surface area contributed by atoms with Crippen molar-refractivity contribution in [3.63, 3.8) is 0 Å². The molecule has 0 unspecified atom stereocenters. The highest BCUT2D eigenvalue weighted by Gasteiger charge is 2.03. The van der Waals surface area contributed by atoms with Crippen molar-refractivity contribution in [2.24, 2.45) is 0 Å². The van der Waals surface area contributed by atoms with E-state index in [9.17, 15) is 0 Å². The van der Waals surface area contributed by atoms with Crippen molar-refractivity contribution in [3.05, 3.63) is 0 Å². The van der Waals surface area contributed by atoms with Crippen LogP contribution in [-0.4, -0.2) is 63.7 Å². The number of rotatable bonds is 10. The van der Waals surface area contributed by atoms with Crippen molar-refractivity contribution >= 4 is 0 Å². The van der Waals surface area contributed by atoms with Gasteiger partial charge in [0.05, 0.1) is 13.2 Å². The van der Waals surface area contributed by atoms with E-state index in [-0.39, 0.29) is 6.61 Å². The van der Waals surface area contributed by atoms with Crippen molar-refractivity contribution in [2.75, 3.05) is 53.7 Å². The zero-order valence-corrected chi connectivity index (χ0v) is 9.37. The van der Waals surface area contributed by atoms with Gasteiger partial charge in [0.2, 0.25) is 0 Å². The van der Waals surface area contributed by atoms with Gasteiger partial charge in [-0.15, -0.1) is 0 Å². The van der Waals surface area contributed by atoms with E-state index in [0.717, 1.165) is 45.7 Å². The minimum absolute atomic E-state index is 0.280. The number of methoxy groups -OCH3 is 2. The monoisotopic (exact) mass is 205 g/mol. The molecule has 0 atom stereocenters. The highest BCUT2D eigenvalue weighted by Crippen LogP contribution is 1.95. The van der Waals surface area contributed by atoms with Crippen LogP contribution in [0.2, 0.25) is 0 Å². The standard InChI is InChI=1S/C10H23NO3/c1-13-9-6-11(7-10-14-2)5-3-4-8-12/h12H,3-10H2,1-2H3. The molecule has 0 aromatic rings. The van der Waals surface area contributed by atoms with Gasteiger partial charge in [-0.05, 0) is 19.4 Å². The Balaban J connectivity index is 3.49. The zero-order chi connectivity index (χ0) is 10.6. The second-order valence-electron chi connectivity index (χ2n) is 3.26. The fraction of sp³-hybridized carbons (Fsp3) is 1.00. The summed E-state index contributed by atoms with van der Waals surface area (Å²) >= 11 is 0. The second kappa shape index (κ2) is 10.9. The molecular weight excluding hydrogens is 182 g/mol. The molecule has 0 rings (SSSR count). The van der Waals surface area contributed by atoms with Crippen molar-refractivity contribution < 1.29 is 14.6 Å². The van der Waals surface area contributed by atoms with Crippen molar-refractivity contribution in [1.82, 2.24) is 4.90 Å². The Morgan fingerprint density at radius 1 is 0.929 bits per heavy atom. The summed E-state index contributed by atoms with van der Waals surface area (Å²) in [7, 11) is 3.42. The summed E-state index contributed by atoms with van der Waals surface area (Å²) in [6, 6.07) is 0. The van der Waals surface area contributed by atoms with E-state index in [1.165, 1.54) is 0 Å². The molecule has 14 heavy (non-hydrogen) atoms. The van der Waals surface area contributed by atoms with Gasteiger partial charge < -0.3 is 14.6 Å². The molecule has 0 spiro atoms. The van der Waals surface area contributed by atoms with Crippen LogP contribution in [0.4, 0.5) is 0 Å². The molecule has 0 aromatic heterocycles. The Morgan fingerprint density at radius 2 is 1.50 bits per heavy atom. The lowest BCUT2D eigenvalue weighted by molar-refractivity contribution is 0.112. The Hall–Kier alpha value is -0.160. The summed E-state index contributed by atoms with van der Waals surface area (Å²) in [5.41, 5.74) is 0. The van der Waals surface area contributed by atoms with Crippen LogP contribution in [0.25, 0.3) is 0 Å². The SMILES string of the molecule is COCCN(CCCCO)CCOC. The van der Waals surface area contributed by atoms with Gasteiger partial charge in [-0.2, -0.15) is 0 Å². The maximum atomic E-state index is 8.66. The molecular formula is C10H23NO3. The molecule has 0 aliphatic heterocycles. The number of hydrogen-bond donors (Lipinski definition) is 1. The van der Waals surface area contributed by atoms with Gasteiger partial charge in [-0.1, -0.05) is 0 Å². The summed E-state index contributed by atoms with van der Waals surface area (Å²) in [6.45, 7) is 4.66. The van der Waals surface area contributed by atoms with Crippen LogP contribution in [0.15, 0.2) is 0 Å². The summed E-state index contributed by atoms with van der Waals surface area (Å²) in [6.07, 6.45) is 1.90. The van der Waals surface area contributed by atoms with Gasteiger partial charge >= 0.3 is 0 Å². The summed E-state index contributed by atoms with van der Waals surface area (Å²) in [4.78, 5) is 2.29. The predicted molar refractivity (Wildman–Crippen MR) is 56.5 cm³/mol. The quantitative estimate of drug-likeness (QED) is 0.523. The van der Waals surface area contributed by atoms with Gasteiger partial charge in [0.1, 0.15) is 0 Å². The summed E-state index contributed by atoms with van der Waals surface area (Å²) < 4.78 is 10.1. The van der Waals surface area contributed by atoms with E-state index in [1.807, 2.05) is 0 Å². The maximum absolute atomic E-state index is 8.66.